The second-order valence-corrected chi connectivity index (χ2v) is 8.74. The van der Waals surface area contributed by atoms with Gasteiger partial charge in [-0.15, -0.1) is 22.9 Å². The molecule has 2 aliphatic heterocycles. The van der Waals surface area contributed by atoms with E-state index in [9.17, 15) is 9.90 Å². The standard InChI is InChI=1S/C20H18ClN4O4S/c21-16-7-20(19(26)27,23-8-11-1-2-14-15(5-11)29-10-28-14)6-13(24-16)17-22-9-12-3-4-30-18(12)25-17/h1-5,9,13,16,23H,6-8,10H2,(H,26,27). The third-order valence-electron chi connectivity index (χ3n) is 5.40. The molecule has 8 nitrogen and oxygen atoms in total. The van der Waals surface area contributed by atoms with Crippen LogP contribution in [0.15, 0.2) is 35.8 Å². The van der Waals surface area contributed by atoms with Gasteiger partial charge in [0.05, 0.1) is 6.04 Å². The molecule has 3 atom stereocenters. The molecular formula is C20H18ClN4O4S. The summed E-state index contributed by atoms with van der Waals surface area (Å²) in [7, 11) is 0. The maximum absolute atomic E-state index is 12.3. The van der Waals surface area contributed by atoms with Gasteiger partial charge in [0.2, 0.25) is 6.79 Å². The molecule has 1 saturated heterocycles. The molecule has 1 radical (unpaired) electrons. The summed E-state index contributed by atoms with van der Waals surface area (Å²) >= 11 is 7.90. The molecule has 3 unspecified atom stereocenters. The Kier molecular flexibility index (Phi) is 4.98. The molecule has 2 aliphatic rings. The summed E-state index contributed by atoms with van der Waals surface area (Å²) in [4.78, 5) is 22.2. The quantitative estimate of drug-likeness (QED) is 0.459. The molecule has 0 saturated carbocycles. The van der Waals surface area contributed by atoms with Crippen molar-refractivity contribution < 1.29 is 19.4 Å². The van der Waals surface area contributed by atoms with Crippen molar-refractivity contribution in [2.24, 2.45) is 0 Å². The van der Waals surface area contributed by atoms with Crippen molar-refractivity contribution in [3.05, 3.63) is 47.2 Å². The Morgan fingerprint density at radius 1 is 1.30 bits per heavy atom. The van der Waals surface area contributed by atoms with Crippen LogP contribution in [0.3, 0.4) is 0 Å². The zero-order valence-corrected chi connectivity index (χ0v) is 17.3. The Morgan fingerprint density at radius 3 is 3.03 bits per heavy atom. The van der Waals surface area contributed by atoms with Gasteiger partial charge in [-0.1, -0.05) is 6.07 Å². The number of alkyl halides is 1. The summed E-state index contributed by atoms with van der Waals surface area (Å²) in [6, 6.07) is 6.99. The monoisotopic (exact) mass is 445 g/mol. The highest BCUT2D eigenvalue weighted by Crippen LogP contribution is 2.37. The van der Waals surface area contributed by atoms with E-state index < -0.39 is 23.1 Å². The van der Waals surface area contributed by atoms with E-state index in [0.29, 0.717) is 23.9 Å². The van der Waals surface area contributed by atoms with Gasteiger partial charge in [-0.2, -0.15) is 0 Å². The van der Waals surface area contributed by atoms with Crippen LogP contribution >= 0.6 is 22.9 Å². The molecule has 1 aromatic carbocycles. The normalized spacial score (nSPS) is 25.5. The lowest BCUT2D eigenvalue weighted by molar-refractivity contribution is -0.147. The van der Waals surface area contributed by atoms with Gasteiger partial charge in [-0.25, -0.2) is 15.3 Å². The average molecular weight is 446 g/mol. The minimum absolute atomic E-state index is 0.173. The minimum Gasteiger partial charge on any atom is -0.480 e. The van der Waals surface area contributed by atoms with Crippen molar-refractivity contribution in [2.75, 3.05) is 6.79 Å². The van der Waals surface area contributed by atoms with E-state index in [0.717, 1.165) is 15.8 Å². The number of benzene rings is 1. The topological polar surface area (TPSA) is 108 Å². The lowest BCUT2D eigenvalue weighted by Gasteiger charge is -2.39. The van der Waals surface area contributed by atoms with Crippen LogP contribution < -0.4 is 20.1 Å². The summed E-state index contributed by atoms with van der Waals surface area (Å²) in [6.45, 7) is 0.529. The third-order valence-corrected chi connectivity index (χ3v) is 6.49. The lowest BCUT2D eigenvalue weighted by Crippen LogP contribution is -2.58. The van der Waals surface area contributed by atoms with Crippen LogP contribution in [-0.4, -0.2) is 38.9 Å². The smallest absolute Gasteiger partial charge is 0.324 e. The molecule has 0 aliphatic carbocycles. The molecule has 155 valence electrons. The van der Waals surface area contributed by atoms with Gasteiger partial charge in [-0.05, 0) is 29.1 Å². The summed E-state index contributed by atoms with van der Waals surface area (Å²) < 4.78 is 10.7. The maximum atomic E-state index is 12.3. The van der Waals surface area contributed by atoms with Gasteiger partial charge >= 0.3 is 5.97 Å². The van der Waals surface area contributed by atoms with Gasteiger partial charge in [0, 0.05) is 31.0 Å². The van der Waals surface area contributed by atoms with Crippen molar-refractivity contribution >= 4 is 39.1 Å². The van der Waals surface area contributed by atoms with Crippen LogP contribution in [0.4, 0.5) is 0 Å². The summed E-state index contributed by atoms with van der Waals surface area (Å²) in [6.07, 6.45) is 2.13. The van der Waals surface area contributed by atoms with Crippen molar-refractivity contribution in [3.63, 3.8) is 0 Å². The van der Waals surface area contributed by atoms with Crippen LogP contribution in [-0.2, 0) is 11.3 Å². The Labute approximate surface area is 181 Å². The number of nitrogens with zero attached hydrogens (tertiary/aromatic N) is 3. The van der Waals surface area contributed by atoms with E-state index in [-0.39, 0.29) is 19.6 Å². The van der Waals surface area contributed by atoms with Crippen molar-refractivity contribution in [3.8, 4) is 11.5 Å². The number of thiophene rings is 1. The Hall–Kier alpha value is -2.46. The molecule has 3 aromatic rings. The molecule has 2 aromatic heterocycles. The fraction of sp³-hybridized carbons (Fsp3) is 0.350. The number of aromatic nitrogens is 2. The molecule has 0 amide bonds. The highest BCUT2D eigenvalue weighted by molar-refractivity contribution is 7.16. The molecule has 2 N–H and O–H groups in total. The zero-order chi connectivity index (χ0) is 20.7. The molecule has 5 rings (SSSR count). The number of hydrogen-bond acceptors (Lipinski definition) is 7. The predicted octanol–water partition coefficient (Wildman–Crippen LogP) is 3.04. The first-order valence-electron chi connectivity index (χ1n) is 9.43. The molecule has 10 heteroatoms. The minimum atomic E-state index is -1.25. The predicted molar refractivity (Wildman–Crippen MR) is 111 cm³/mol. The van der Waals surface area contributed by atoms with Gasteiger partial charge < -0.3 is 14.6 Å². The van der Waals surface area contributed by atoms with E-state index in [1.54, 1.807) is 6.20 Å². The number of ether oxygens (including phenoxy) is 2. The third kappa shape index (κ3) is 3.58. The number of carbonyl (C=O) groups is 1. The van der Waals surface area contributed by atoms with Gasteiger partial charge in [-0.3, -0.25) is 10.1 Å². The SMILES string of the molecule is O=C(O)C1(NCc2ccc3c(c2)OCO3)CC(Cl)[N]C(c2ncc3ccsc3n2)C1. The van der Waals surface area contributed by atoms with Gasteiger partial charge in [0.15, 0.2) is 11.5 Å². The maximum Gasteiger partial charge on any atom is 0.324 e. The Balaban J connectivity index is 1.39. The first-order chi connectivity index (χ1) is 14.5. The first-order valence-corrected chi connectivity index (χ1v) is 10.8. The average Bonchev–Trinajstić information content (AvgIpc) is 3.39. The molecule has 0 bridgehead atoms. The number of carboxylic acids is 1. The summed E-state index contributed by atoms with van der Waals surface area (Å²) in [5.74, 6) is 0.866. The van der Waals surface area contributed by atoms with Crippen LogP contribution in [0.2, 0.25) is 0 Å². The largest absolute Gasteiger partial charge is 0.480 e. The number of nitrogens with one attached hydrogen (secondary N) is 1. The van der Waals surface area contributed by atoms with E-state index >= 15 is 0 Å². The fourth-order valence-electron chi connectivity index (χ4n) is 3.81. The summed E-state index contributed by atoms with van der Waals surface area (Å²) in [5, 5.41) is 20.7. The highest BCUT2D eigenvalue weighted by atomic mass is 35.5. The summed E-state index contributed by atoms with van der Waals surface area (Å²) in [5.41, 5.74) is -1.02. The number of rotatable bonds is 5. The van der Waals surface area contributed by atoms with Crippen molar-refractivity contribution in [1.82, 2.24) is 20.6 Å². The molecule has 1 fully saturated rings. The number of hydrogen-bond donors (Lipinski definition) is 2. The van der Waals surface area contributed by atoms with Crippen molar-refractivity contribution in [1.29, 1.82) is 0 Å². The second kappa shape index (κ2) is 7.66. The molecule has 0 spiro atoms. The highest BCUT2D eigenvalue weighted by Gasteiger charge is 2.47. The molecule has 4 heterocycles. The van der Waals surface area contributed by atoms with E-state index in [1.807, 2.05) is 29.6 Å². The lowest BCUT2D eigenvalue weighted by atomic mass is 9.83. The second-order valence-electron chi connectivity index (χ2n) is 7.35. The van der Waals surface area contributed by atoms with E-state index in [1.165, 1.54) is 11.3 Å². The van der Waals surface area contributed by atoms with Gasteiger partial charge in [0.1, 0.15) is 21.7 Å². The number of carboxylic acid groups (broad SMARTS) is 1. The van der Waals surface area contributed by atoms with Crippen molar-refractivity contribution in [2.45, 2.75) is 36.5 Å². The van der Waals surface area contributed by atoms with Crippen LogP contribution in [0.1, 0.15) is 30.3 Å². The number of fused-ring (bicyclic) bond motifs is 2. The van der Waals surface area contributed by atoms with E-state index in [4.69, 9.17) is 21.1 Å². The first kappa shape index (κ1) is 19.5. The van der Waals surface area contributed by atoms with Crippen LogP contribution in [0.25, 0.3) is 10.2 Å². The molecule has 30 heavy (non-hydrogen) atoms. The van der Waals surface area contributed by atoms with Gasteiger partial charge in [0.25, 0.3) is 0 Å². The number of aliphatic carboxylic acids is 1. The van der Waals surface area contributed by atoms with E-state index in [2.05, 4.69) is 20.6 Å². The van der Waals surface area contributed by atoms with Crippen LogP contribution in [0, 0.1) is 0 Å². The fourth-order valence-corrected chi connectivity index (χ4v) is 4.95. The van der Waals surface area contributed by atoms with Crippen LogP contribution in [0.5, 0.6) is 11.5 Å². The Bertz CT molecular complexity index is 1110. The number of halogens is 1. The molecular weight excluding hydrogens is 428 g/mol. The number of piperidine rings is 1. The Morgan fingerprint density at radius 2 is 2.17 bits per heavy atom. The zero-order valence-electron chi connectivity index (χ0n) is 15.7.